The standard InChI is InChI=1S/C21H21N5O5S/c1-10-5-6-13(7-11(10)2)23-20(30)24-15(27)9-32-21-25-17-16(18(28)26-21)14(19(29)31-4)8-12(3)22-17/h5-8H,9H2,1-4H3,(H,22,25,26,28)(H2,23,24,27,30). The fourth-order valence-electron chi connectivity index (χ4n) is 2.86. The van der Waals surface area contributed by atoms with Crippen LogP contribution in [-0.2, 0) is 9.53 Å². The van der Waals surface area contributed by atoms with Crippen molar-refractivity contribution in [2.24, 2.45) is 0 Å². The normalized spacial score (nSPS) is 10.6. The third-order valence-electron chi connectivity index (χ3n) is 4.55. The number of carbonyl (C=O) groups excluding carboxylic acids is 3. The molecule has 0 aliphatic carbocycles. The first-order valence-corrected chi connectivity index (χ1v) is 10.5. The maximum atomic E-state index is 12.5. The Labute approximate surface area is 187 Å². The molecule has 0 atom stereocenters. The predicted molar refractivity (Wildman–Crippen MR) is 120 cm³/mol. The van der Waals surface area contributed by atoms with Crippen LogP contribution in [0.3, 0.4) is 0 Å². The van der Waals surface area contributed by atoms with Crippen LogP contribution in [0.4, 0.5) is 10.5 Å². The van der Waals surface area contributed by atoms with Crippen molar-refractivity contribution in [1.29, 1.82) is 0 Å². The molecular weight excluding hydrogens is 434 g/mol. The molecule has 0 spiro atoms. The number of carbonyl (C=O) groups is 3. The molecule has 32 heavy (non-hydrogen) atoms. The molecule has 0 unspecified atom stereocenters. The van der Waals surface area contributed by atoms with E-state index in [4.69, 9.17) is 4.74 Å². The first-order chi connectivity index (χ1) is 15.2. The van der Waals surface area contributed by atoms with Gasteiger partial charge in [-0.25, -0.2) is 19.6 Å². The Hall–Kier alpha value is -3.73. The number of aryl methyl sites for hydroxylation is 3. The molecule has 10 nitrogen and oxygen atoms in total. The van der Waals surface area contributed by atoms with Crippen LogP contribution in [0.5, 0.6) is 0 Å². The lowest BCUT2D eigenvalue weighted by atomic mass is 10.1. The molecule has 0 saturated carbocycles. The first kappa shape index (κ1) is 22.9. The van der Waals surface area contributed by atoms with Gasteiger partial charge in [-0.3, -0.25) is 14.9 Å². The number of aromatic amines is 1. The lowest BCUT2D eigenvalue weighted by molar-refractivity contribution is -0.117. The Morgan fingerprint density at radius 1 is 1.09 bits per heavy atom. The molecule has 0 aliphatic heterocycles. The van der Waals surface area contributed by atoms with Gasteiger partial charge in [0.15, 0.2) is 10.8 Å². The number of thioether (sulfide) groups is 1. The van der Waals surface area contributed by atoms with Crippen molar-refractivity contribution in [2.45, 2.75) is 25.9 Å². The number of urea groups is 1. The van der Waals surface area contributed by atoms with Crippen LogP contribution in [0, 0.1) is 20.8 Å². The molecule has 3 aromatic rings. The van der Waals surface area contributed by atoms with E-state index in [1.807, 2.05) is 19.9 Å². The number of rotatable bonds is 5. The number of pyridine rings is 1. The van der Waals surface area contributed by atoms with Crippen molar-refractivity contribution in [3.8, 4) is 0 Å². The quantitative estimate of drug-likeness (QED) is 0.302. The summed E-state index contributed by atoms with van der Waals surface area (Å²) in [4.78, 5) is 59.6. The smallest absolute Gasteiger partial charge is 0.338 e. The number of nitrogens with one attached hydrogen (secondary N) is 3. The summed E-state index contributed by atoms with van der Waals surface area (Å²) in [6.45, 7) is 5.53. The largest absolute Gasteiger partial charge is 0.465 e. The molecular formula is C21H21N5O5S. The van der Waals surface area contributed by atoms with Gasteiger partial charge in [-0.1, -0.05) is 17.8 Å². The van der Waals surface area contributed by atoms with Gasteiger partial charge in [0.1, 0.15) is 0 Å². The average molecular weight is 455 g/mol. The number of ether oxygens (including phenoxy) is 1. The Morgan fingerprint density at radius 3 is 2.53 bits per heavy atom. The van der Waals surface area contributed by atoms with Crippen molar-refractivity contribution >= 4 is 46.4 Å². The molecule has 3 amide bonds. The van der Waals surface area contributed by atoms with Gasteiger partial charge in [0.05, 0.1) is 23.8 Å². The zero-order chi connectivity index (χ0) is 23.4. The number of esters is 1. The molecule has 0 radical (unpaired) electrons. The van der Waals surface area contributed by atoms with E-state index in [2.05, 4.69) is 25.6 Å². The number of fused-ring (bicyclic) bond motifs is 1. The summed E-state index contributed by atoms with van der Waals surface area (Å²) in [5, 5.41) is 4.94. The van der Waals surface area contributed by atoms with Crippen LogP contribution < -0.4 is 16.2 Å². The summed E-state index contributed by atoms with van der Waals surface area (Å²) >= 11 is 0.921. The van der Waals surface area contributed by atoms with Gasteiger partial charge in [-0.05, 0) is 50.1 Å². The summed E-state index contributed by atoms with van der Waals surface area (Å²) in [5.41, 5.74) is 2.67. The van der Waals surface area contributed by atoms with E-state index in [1.54, 1.807) is 19.1 Å². The Kier molecular flexibility index (Phi) is 6.89. The molecule has 0 saturated heterocycles. The molecule has 11 heteroatoms. The van der Waals surface area contributed by atoms with Crippen molar-refractivity contribution < 1.29 is 19.1 Å². The summed E-state index contributed by atoms with van der Waals surface area (Å²) in [5.74, 6) is -1.43. The van der Waals surface area contributed by atoms with Crippen LogP contribution in [0.1, 0.15) is 27.2 Å². The van der Waals surface area contributed by atoms with Gasteiger partial charge >= 0.3 is 12.0 Å². The molecule has 166 valence electrons. The molecule has 3 N–H and O–H groups in total. The Balaban J connectivity index is 1.68. The number of aromatic nitrogens is 3. The second-order valence-corrected chi connectivity index (χ2v) is 7.93. The second kappa shape index (κ2) is 9.60. The van der Waals surface area contributed by atoms with Crippen molar-refractivity contribution in [2.75, 3.05) is 18.2 Å². The van der Waals surface area contributed by atoms with Gasteiger partial charge in [0.2, 0.25) is 5.91 Å². The van der Waals surface area contributed by atoms with Crippen LogP contribution in [-0.4, -0.2) is 45.7 Å². The summed E-state index contributed by atoms with van der Waals surface area (Å²) < 4.78 is 4.71. The van der Waals surface area contributed by atoms with Crippen LogP contribution in [0.25, 0.3) is 11.0 Å². The number of nitrogens with zero attached hydrogens (tertiary/aromatic N) is 2. The number of H-pyrrole nitrogens is 1. The number of benzene rings is 1. The number of hydrogen-bond acceptors (Lipinski definition) is 8. The maximum absolute atomic E-state index is 12.5. The van der Waals surface area contributed by atoms with Crippen molar-refractivity contribution in [3.05, 3.63) is 57.0 Å². The number of anilines is 1. The van der Waals surface area contributed by atoms with E-state index in [0.29, 0.717) is 11.4 Å². The molecule has 2 heterocycles. The van der Waals surface area contributed by atoms with E-state index < -0.39 is 23.5 Å². The first-order valence-electron chi connectivity index (χ1n) is 9.49. The maximum Gasteiger partial charge on any atom is 0.338 e. The molecule has 0 fully saturated rings. The summed E-state index contributed by atoms with van der Waals surface area (Å²) in [7, 11) is 1.21. The lowest BCUT2D eigenvalue weighted by Gasteiger charge is -2.09. The van der Waals surface area contributed by atoms with Gasteiger partial charge in [-0.15, -0.1) is 0 Å². The zero-order valence-corrected chi connectivity index (χ0v) is 18.7. The molecule has 2 aromatic heterocycles. The topological polar surface area (TPSA) is 143 Å². The highest BCUT2D eigenvalue weighted by Crippen LogP contribution is 2.18. The van der Waals surface area contributed by atoms with Gasteiger partial charge in [0.25, 0.3) is 5.56 Å². The Morgan fingerprint density at radius 2 is 1.84 bits per heavy atom. The average Bonchev–Trinajstić information content (AvgIpc) is 2.73. The molecule has 3 rings (SSSR count). The van der Waals surface area contributed by atoms with E-state index in [0.717, 1.165) is 22.9 Å². The minimum Gasteiger partial charge on any atom is -0.465 e. The van der Waals surface area contributed by atoms with Gasteiger partial charge in [0, 0.05) is 11.4 Å². The number of imide groups is 1. The third kappa shape index (κ3) is 5.30. The highest BCUT2D eigenvalue weighted by molar-refractivity contribution is 7.99. The van der Waals surface area contributed by atoms with Crippen molar-refractivity contribution in [3.63, 3.8) is 0 Å². The predicted octanol–water partition coefficient (Wildman–Crippen LogP) is 2.47. The highest BCUT2D eigenvalue weighted by Gasteiger charge is 2.18. The number of amides is 3. The van der Waals surface area contributed by atoms with Crippen LogP contribution in [0.2, 0.25) is 0 Å². The summed E-state index contributed by atoms with van der Waals surface area (Å²) in [6.07, 6.45) is 0. The molecule has 0 aliphatic rings. The van der Waals surface area contributed by atoms with E-state index in [9.17, 15) is 19.2 Å². The van der Waals surface area contributed by atoms with E-state index >= 15 is 0 Å². The minimum absolute atomic E-state index is 0.00372. The number of hydrogen-bond donors (Lipinski definition) is 3. The van der Waals surface area contributed by atoms with Gasteiger partial charge < -0.3 is 15.0 Å². The van der Waals surface area contributed by atoms with Gasteiger partial charge in [-0.2, -0.15) is 0 Å². The molecule has 1 aromatic carbocycles. The van der Waals surface area contributed by atoms with E-state index in [1.165, 1.54) is 13.2 Å². The fourth-order valence-corrected chi connectivity index (χ4v) is 3.52. The second-order valence-electron chi connectivity index (χ2n) is 6.96. The van der Waals surface area contributed by atoms with E-state index in [-0.39, 0.29) is 27.5 Å². The summed E-state index contributed by atoms with van der Waals surface area (Å²) in [6, 6.07) is 6.18. The third-order valence-corrected chi connectivity index (χ3v) is 5.42. The van der Waals surface area contributed by atoms with Crippen molar-refractivity contribution in [1.82, 2.24) is 20.3 Å². The SMILES string of the molecule is COC(=O)c1cc(C)nc2nc(SCC(=O)NC(=O)Nc3ccc(C)c(C)c3)[nH]c(=O)c12. The highest BCUT2D eigenvalue weighted by atomic mass is 32.2. The monoisotopic (exact) mass is 455 g/mol. The Bertz CT molecular complexity index is 1290. The van der Waals surface area contributed by atoms with Crippen LogP contribution >= 0.6 is 11.8 Å². The lowest BCUT2D eigenvalue weighted by Crippen LogP contribution is -2.35. The molecule has 0 bridgehead atoms. The number of methoxy groups -OCH3 is 1. The van der Waals surface area contributed by atoms with Crippen LogP contribution in [0.15, 0.2) is 34.2 Å². The minimum atomic E-state index is -0.678. The fraction of sp³-hybridized carbons (Fsp3) is 0.238. The zero-order valence-electron chi connectivity index (χ0n) is 17.9.